The Kier molecular flexibility index (Phi) is 8.16. The largest absolute Gasteiger partial charge is 0.349 e. The summed E-state index contributed by atoms with van der Waals surface area (Å²) in [6, 6.07) is 10.6. The molecule has 0 heterocycles. The van der Waals surface area contributed by atoms with Gasteiger partial charge in [0.05, 0.1) is 0 Å². The molecule has 1 aromatic carbocycles. The van der Waals surface area contributed by atoms with Gasteiger partial charge in [-0.1, -0.05) is 44.2 Å². The monoisotopic (exact) mass is 389 g/mol. The van der Waals surface area contributed by atoms with Crippen LogP contribution in [-0.2, 0) is 6.42 Å². The minimum atomic E-state index is 0. The van der Waals surface area contributed by atoms with Crippen molar-refractivity contribution in [3.63, 3.8) is 0 Å². The van der Waals surface area contributed by atoms with Crippen molar-refractivity contribution in [1.82, 2.24) is 9.80 Å². The zero-order valence-electron chi connectivity index (χ0n) is 13.6. The van der Waals surface area contributed by atoms with Crippen molar-refractivity contribution >= 4 is 29.9 Å². The van der Waals surface area contributed by atoms with Crippen LogP contribution in [0, 0.1) is 5.41 Å². The molecule has 0 aliphatic carbocycles. The molecule has 0 aliphatic rings. The van der Waals surface area contributed by atoms with Gasteiger partial charge in [0.15, 0.2) is 5.96 Å². The fourth-order valence-corrected chi connectivity index (χ4v) is 2.17. The summed E-state index contributed by atoms with van der Waals surface area (Å²) >= 11 is 0. The zero-order valence-corrected chi connectivity index (χ0v) is 15.9. The van der Waals surface area contributed by atoms with Gasteiger partial charge >= 0.3 is 0 Å². The van der Waals surface area contributed by atoms with Crippen LogP contribution in [0.1, 0.15) is 19.4 Å². The molecule has 3 nitrogen and oxygen atoms in total. The van der Waals surface area contributed by atoms with E-state index in [1.54, 1.807) is 0 Å². The molecule has 1 aromatic rings. The van der Waals surface area contributed by atoms with Gasteiger partial charge in [0.1, 0.15) is 0 Å². The van der Waals surface area contributed by atoms with Gasteiger partial charge in [0, 0.05) is 34.7 Å². The predicted octanol–water partition coefficient (Wildman–Crippen LogP) is 3.35. The van der Waals surface area contributed by atoms with E-state index >= 15 is 0 Å². The van der Waals surface area contributed by atoms with Crippen molar-refractivity contribution < 1.29 is 0 Å². The number of halogens is 1. The minimum Gasteiger partial charge on any atom is -0.349 e. The third-order valence-corrected chi connectivity index (χ3v) is 2.97. The molecule has 114 valence electrons. The summed E-state index contributed by atoms with van der Waals surface area (Å²) in [6.45, 7) is 5.37. The lowest BCUT2D eigenvalue weighted by Gasteiger charge is -2.27. The van der Waals surface area contributed by atoms with Gasteiger partial charge in [-0.05, 0) is 17.4 Å². The fourth-order valence-electron chi connectivity index (χ4n) is 2.17. The van der Waals surface area contributed by atoms with Crippen LogP contribution in [0.15, 0.2) is 35.3 Å². The van der Waals surface area contributed by atoms with Crippen LogP contribution < -0.4 is 0 Å². The van der Waals surface area contributed by atoms with Crippen LogP contribution in [0.3, 0.4) is 0 Å². The lowest BCUT2D eigenvalue weighted by molar-refractivity contribution is 0.369. The second-order valence-electron chi connectivity index (χ2n) is 6.23. The maximum atomic E-state index is 4.76. The first kappa shape index (κ1) is 19.2. The Hall–Kier alpha value is -0.780. The number of guanidine groups is 1. The van der Waals surface area contributed by atoms with Gasteiger partial charge in [-0.25, -0.2) is 0 Å². The number of nitrogens with zero attached hydrogens (tertiary/aromatic N) is 3. The molecule has 0 atom stereocenters. The first-order valence-corrected chi connectivity index (χ1v) is 6.75. The van der Waals surface area contributed by atoms with E-state index in [0.29, 0.717) is 0 Å². The maximum Gasteiger partial charge on any atom is 0.195 e. The molecule has 0 saturated carbocycles. The molecule has 1 rings (SSSR count). The topological polar surface area (TPSA) is 18.8 Å². The van der Waals surface area contributed by atoms with E-state index in [0.717, 1.165) is 18.9 Å². The Morgan fingerprint density at radius 2 is 1.50 bits per heavy atom. The molecule has 0 aliphatic heterocycles. The molecule has 0 aromatic heterocycles. The van der Waals surface area contributed by atoms with E-state index in [4.69, 9.17) is 4.99 Å². The van der Waals surface area contributed by atoms with Crippen LogP contribution in [0.25, 0.3) is 0 Å². The molecule has 0 N–H and O–H groups in total. The Morgan fingerprint density at radius 1 is 1.00 bits per heavy atom. The molecular weight excluding hydrogens is 361 g/mol. The molecule has 0 bridgehead atoms. The Bertz CT molecular complexity index is 401. The third-order valence-electron chi connectivity index (χ3n) is 2.97. The van der Waals surface area contributed by atoms with Crippen molar-refractivity contribution in [3.8, 4) is 0 Å². The number of aliphatic imine (C=N–C) groups is 1. The van der Waals surface area contributed by atoms with Gasteiger partial charge < -0.3 is 9.80 Å². The highest BCUT2D eigenvalue weighted by Gasteiger charge is 2.19. The molecule has 4 heteroatoms. The summed E-state index contributed by atoms with van der Waals surface area (Å²) in [5, 5.41) is 0. The summed E-state index contributed by atoms with van der Waals surface area (Å²) in [5.41, 5.74) is 1.54. The van der Waals surface area contributed by atoms with E-state index in [2.05, 4.69) is 54.0 Å². The van der Waals surface area contributed by atoms with Crippen LogP contribution >= 0.6 is 24.0 Å². The standard InChI is InChI=1S/C16H27N3.HI/c1-16(2,12-14-10-8-7-9-11-14)13-17-15(18(3)4)19(5)6;/h7-11H,12-13H2,1-6H3;1H. The van der Waals surface area contributed by atoms with Crippen molar-refractivity contribution in [2.75, 3.05) is 34.7 Å². The lowest BCUT2D eigenvalue weighted by Crippen LogP contribution is -2.36. The van der Waals surface area contributed by atoms with E-state index in [1.807, 2.05) is 28.2 Å². The number of benzene rings is 1. The summed E-state index contributed by atoms with van der Waals surface area (Å²) < 4.78 is 0. The number of rotatable bonds is 4. The van der Waals surface area contributed by atoms with Gasteiger partial charge in [0.2, 0.25) is 0 Å². The third kappa shape index (κ3) is 6.59. The summed E-state index contributed by atoms with van der Waals surface area (Å²) in [7, 11) is 8.12. The summed E-state index contributed by atoms with van der Waals surface area (Å²) in [4.78, 5) is 8.87. The second-order valence-corrected chi connectivity index (χ2v) is 6.23. The van der Waals surface area contributed by atoms with Crippen LogP contribution in [0.2, 0.25) is 0 Å². The molecule has 0 spiro atoms. The molecule has 0 radical (unpaired) electrons. The average Bonchev–Trinajstić information content (AvgIpc) is 2.28. The SMILES string of the molecule is CN(C)C(=NCC(C)(C)Cc1ccccc1)N(C)C.I. The first-order valence-electron chi connectivity index (χ1n) is 6.75. The number of hydrogen-bond acceptors (Lipinski definition) is 1. The van der Waals surface area contributed by atoms with Crippen molar-refractivity contribution in [1.29, 1.82) is 0 Å². The molecule has 0 saturated heterocycles. The van der Waals surface area contributed by atoms with Gasteiger partial charge in [-0.15, -0.1) is 24.0 Å². The molecule has 20 heavy (non-hydrogen) atoms. The van der Waals surface area contributed by atoms with Gasteiger partial charge in [0.25, 0.3) is 0 Å². The summed E-state index contributed by atoms with van der Waals surface area (Å²) in [6.07, 6.45) is 1.05. The Balaban J connectivity index is 0.00000361. The van der Waals surface area contributed by atoms with Crippen LogP contribution in [0.5, 0.6) is 0 Å². The molecule has 0 unspecified atom stereocenters. The zero-order chi connectivity index (χ0) is 14.5. The van der Waals surface area contributed by atoms with E-state index in [9.17, 15) is 0 Å². The Labute approximate surface area is 141 Å². The van der Waals surface area contributed by atoms with Crippen molar-refractivity contribution in [2.45, 2.75) is 20.3 Å². The van der Waals surface area contributed by atoms with Crippen molar-refractivity contribution in [3.05, 3.63) is 35.9 Å². The lowest BCUT2D eigenvalue weighted by atomic mass is 9.86. The average molecular weight is 389 g/mol. The van der Waals surface area contributed by atoms with Crippen molar-refractivity contribution in [2.24, 2.45) is 10.4 Å². The van der Waals surface area contributed by atoms with E-state index < -0.39 is 0 Å². The highest BCUT2D eigenvalue weighted by molar-refractivity contribution is 14.0. The Morgan fingerprint density at radius 3 is 1.95 bits per heavy atom. The second kappa shape index (κ2) is 8.49. The molecule has 0 fully saturated rings. The molecule has 0 amide bonds. The normalized spacial score (nSPS) is 10.5. The highest BCUT2D eigenvalue weighted by atomic mass is 127. The van der Waals surface area contributed by atoms with E-state index in [-0.39, 0.29) is 29.4 Å². The highest BCUT2D eigenvalue weighted by Crippen LogP contribution is 2.22. The van der Waals surface area contributed by atoms with Gasteiger partial charge in [-0.3, -0.25) is 4.99 Å². The number of hydrogen-bond donors (Lipinski definition) is 0. The predicted molar refractivity (Wildman–Crippen MR) is 99.0 cm³/mol. The molecular formula is C16H28IN3. The minimum absolute atomic E-state index is 0. The quantitative estimate of drug-likeness (QED) is 0.447. The van der Waals surface area contributed by atoms with Crippen LogP contribution in [0.4, 0.5) is 0 Å². The first-order chi connectivity index (χ1) is 8.82. The van der Waals surface area contributed by atoms with E-state index in [1.165, 1.54) is 5.56 Å². The smallest absolute Gasteiger partial charge is 0.195 e. The fraction of sp³-hybridized carbons (Fsp3) is 0.562. The maximum absolute atomic E-state index is 4.76. The summed E-state index contributed by atoms with van der Waals surface area (Å²) in [5.74, 6) is 1.01. The van der Waals surface area contributed by atoms with Crippen LogP contribution in [-0.4, -0.2) is 50.5 Å². The van der Waals surface area contributed by atoms with Gasteiger partial charge in [-0.2, -0.15) is 0 Å².